The zero-order chi connectivity index (χ0) is 8.72. The third kappa shape index (κ3) is 0.813. The summed E-state index contributed by atoms with van der Waals surface area (Å²) in [6.45, 7) is 0.765. The van der Waals surface area contributed by atoms with Crippen molar-refractivity contribution in [3.63, 3.8) is 0 Å². The zero-order valence-corrected chi connectivity index (χ0v) is 6.82. The van der Waals surface area contributed by atoms with E-state index in [0.717, 1.165) is 12.8 Å². The van der Waals surface area contributed by atoms with E-state index in [2.05, 4.69) is 0 Å². The van der Waals surface area contributed by atoms with Gasteiger partial charge in [-0.25, -0.2) is 0 Å². The van der Waals surface area contributed by atoms with Gasteiger partial charge < -0.3 is 5.73 Å². The van der Waals surface area contributed by atoms with E-state index in [4.69, 9.17) is 5.73 Å². The number of likely N-dealkylation sites (tertiary alicyclic amines) is 1. The van der Waals surface area contributed by atoms with Crippen LogP contribution in [0.25, 0.3) is 0 Å². The molecule has 2 unspecified atom stereocenters. The van der Waals surface area contributed by atoms with Crippen molar-refractivity contribution in [1.29, 1.82) is 0 Å². The molecule has 4 heteroatoms. The molecule has 12 heavy (non-hydrogen) atoms. The fraction of sp³-hybridized carbons (Fsp3) is 0.750. The van der Waals surface area contributed by atoms with Gasteiger partial charge in [-0.05, 0) is 12.8 Å². The molecule has 2 amide bonds. The Morgan fingerprint density at radius 1 is 1.25 bits per heavy atom. The standard InChI is InChI=1S/C8H12N2O2/c9-3-4-10-7(11)5-1-2-6(5)8(10)12/h5-6H,1-4,9H2. The highest BCUT2D eigenvalue weighted by Crippen LogP contribution is 2.41. The maximum atomic E-state index is 11.4. The highest BCUT2D eigenvalue weighted by atomic mass is 16.2. The number of nitrogens with zero attached hydrogens (tertiary/aromatic N) is 1. The van der Waals surface area contributed by atoms with Crippen LogP contribution in [-0.4, -0.2) is 29.8 Å². The van der Waals surface area contributed by atoms with Crippen LogP contribution < -0.4 is 5.73 Å². The van der Waals surface area contributed by atoms with Gasteiger partial charge in [0.2, 0.25) is 11.8 Å². The molecule has 1 heterocycles. The molecule has 2 fully saturated rings. The molecule has 0 bridgehead atoms. The van der Waals surface area contributed by atoms with Gasteiger partial charge in [-0.1, -0.05) is 0 Å². The molecular formula is C8H12N2O2. The molecule has 0 aromatic heterocycles. The van der Waals surface area contributed by atoms with Crippen molar-refractivity contribution in [1.82, 2.24) is 4.90 Å². The van der Waals surface area contributed by atoms with Crippen molar-refractivity contribution in [2.45, 2.75) is 12.8 Å². The van der Waals surface area contributed by atoms with Gasteiger partial charge in [0.25, 0.3) is 0 Å². The lowest BCUT2D eigenvalue weighted by molar-refractivity contribution is -0.139. The molecule has 4 nitrogen and oxygen atoms in total. The summed E-state index contributed by atoms with van der Waals surface area (Å²) in [4.78, 5) is 24.2. The normalized spacial score (nSPS) is 33.6. The van der Waals surface area contributed by atoms with Gasteiger partial charge in [-0.15, -0.1) is 0 Å². The number of carbonyl (C=O) groups is 2. The Balaban J connectivity index is 2.14. The lowest BCUT2D eigenvalue weighted by Crippen LogP contribution is -2.34. The van der Waals surface area contributed by atoms with Crippen LogP contribution in [0.5, 0.6) is 0 Å². The Bertz CT molecular complexity index is 217. The van der Waals surface area contributed by atoms with Crippen molar-refractivity contribution >= 4 is 11.8 Å². The molecule has 1 saturated heterocycles. The van der Waals surface area contributed by atoms with E-state index in [0.29, 0.717) is 13.1 Å². The van der Waals surface area contributed by atoms with Crippen molar-refractivity contribution in [3.05, 3.63) is 0 Å². The Morgan fingerprint density at radius 2 is 1.75 bits per heavy atom. The molecule has 0 aromatic carbocycles. The quantitative estimate of drug-likeness (QED) is 0.557. The molecular weight excluding hydrogens is 156 g/mol. The Morgan fingerprint density at radius 3 is 2.08 bits per heavy atom. The summed E-state index contributed by atoms with van der Waals surface area (Å²) in [7, 11) is 0. The molecule has 0 aromatic rings. The summed E-state index contributed by atoms with van der Waals surface area (Å²) in [5, 5.41) is 0. The summed E-state index contributed by atoms with van der Waals surface area (Å²) in [5.41, 5.74) is 5.30. The minimum atomic E-state index is 0.00157. The average molecular weight is 168 g/mol. The Kier molecular flexibility index (Phi) is 1.65. The molecule has 2 N–H and O–H groups in total. The number of hydrogen-bond donors (Lipinski definition) is 1. The van der Waals surface area contributed by atoms with Gasteiger partial charge in [0.1, 0.15) is 0 Å². The second-order valence-electron chi connectivity index (χ2n) is 3.41. The molecule has 66 valence electrons. The smallest absolute Gasteiger partial charge is 0.233 e. The number of rotatable bonds is 2. The molecule has 1 aliphatic carbocycles. The van der Waals surface area contributed by atoms with E-state index in [9.17, 15) is 9.59 Å². The van der Waals surface area contributed by atoms with E-state index in [-0.39, 0.29) is 23.7 Å². The molecule has 0 radical (unpaired) electrons. The van der Waals surface area contributed by atoms with Crippen molar-refractivity contribution in [2.75, 3.05) is 13.1 Å². The Hall–Kier alpha value is -0.900. The van der Waals surface area contributed by atoms with Gasteiger partial charge in [0, 0.05) is 13.1 Å². The van der Waals surface area contributed by atoms with E-state index in [1.54, 1.807) is 0 Å². The maximum Gasteiger partial charge on any atom is 0.233 e. The third-order valence-electron chi connectivity index (χ3n) is 2.79. The molecule has 2 aliphatic rings. The second kappa shape index (κ2) is 2.55. The minimum Gasteiger partial charge on any atom is -0.329 e. The van der Waals surface area contributed by atoms with Crippen LogP contribution in [0.1, 0.15) is 12.8 Å². The number of carbonyl (C=O) groups excluding carboxylic acids is 2. The van der Waals surface area contributed by atoms with Crippen molar-refractivity contribution in [3.8, 4) is 0 Å². The number of amides is 2. The van der Waals surface area contributed by atoms with Crippen LogP contribution >= 0.6 is 0 Å². The predicted molar refractivity (Wildman–Crippen MR) is 42.0 cm³/mol. The highest BCUT2D eigenvalue weighted by Gasteiger charge is 2.52. The minimum absolute atomic E-state index is 0.00157. The van der Waals surface area contributed by atoms with Crippen LogP contribution in [0.4, 0.5) is 0 Å². The Labute approximate surface area is 70.7 Å². The molecule has 1 saturated carbocycles. The molecule has 2 rings (SSSR count). The molecule has 2 atom stereocenters. The van der Waals surface area contributed by atoms with Crippen LogP contribution in [0.2, 0.25) is 0 Å². The van der Waals surface area contributed by atoms with Crippen molar-refractivity contribution in [2.24, 2.45) is 17.6 Å². The fourth-order valence-corrected chi connectivity index (χ4v) is 1.95. The first kappa shape index (κ1) is 7.73. The number of imide groups is 1. The topological polar surface area (TPSA) is 63.4 Å². The van der Waals surface area contributed by atoms with Gasteiger partial charge in [-0.2, -0.15) is 0 Å². The SMILES string of the molecule is NCCN1C(=O)C2CCC2C1=O. The van der Waals surface area contributed by atoms with E-state index < -0.39 is 0 Å². The van der Waals surface area contributed by atoms with Crippen LogP contribution in [0.15, 0.2) is 0 Å². The van der Waals surface area contributed by atoms with Crippen LogP contribution in [0, 0.1) is 11.8 Å². The number of nitrogens with two attached hydrogens (primary N) is 1. The summed E-state index contributed by atoms with van der Waals surface area (Å²) in [6, 6.07) is 0. The summed E-state index contributed by atoms with van der Waals surface area (Å²) in [6.07, 6.45) is 1.77. The first-order valence-electron chi connectivity index (χ1n) is 4.31. The van der Waals surface area contributed by atoms with Gasteiger partial charge in [0.05, 0.1) is 11.8 Å². The largest absolute Gasteiger partial charge is 0.329 e. The second-order valence-corrected chi connectivity index (χ2v) is 3.41. The summed E-state index contributed by atoms with van der Waals surface area (Å²) in [5.74, 6) is 0.0106. The van der Waals surface area contributed by atoms with Crippen molar-refractivity contribution < 1.29 is 9.59 Å². The summed E-state index contributed by atoms with van der Waals surface area (Å²) >= 11 is 0. The molecule has 0 spiro atoms. The van der Waals surface area contributed by atoms with E-state index in [1.165, 1.54) is 4.90 Å². The predicted octanol–water partition coefficient (Wildman–Crippen LogP) is -0.660. The van der Waals surface area contributed by atoms with Gasteiger partial charge in [0.15, 0.2) is 0 Å². The fourth-order valence-electron chi connectivity index (χ4n) is 1.95. The first-order valence-corrected chi connectivity index (χ1v) is 4.31. The van der Waals surface area contributed by atoms with E-state index >= 15 is 0 Å². The first-order chi connectivity index (χ1) is 5.75. The van der Waals surface area contributed by atoms with Crippen LogP contribution in [0.3, 0.4) is 0 Å². The summed E-state index contributed by atoms with van der Waals surface area (Å²) < 4.78 is 0. The highest BCUT2D eigenvalue weighted by molar-refractivity contribution is 6.06. The van der Waals surface area contributed by atoms with Crippen LogP contribution in [-0.2, 0) is 9.59 Å². The van der Waals surface area contributed by atoms with E-state index in [1.807, 2.05) is 0 Å². The lowest BCUT2D eigenvalue weighted by Gasteiger charge is -2.24. The molecule has 1 aliphatic heterocycles. The number of fused-ring (bicyclic) bond motifs is 1. The maximum absolute atomic E-state index is 11.4. The average Bonchev–Trinajstić information content (AvgIpc) is 2.09. The lowest BCUT2D eigenvalue weighted by atomic mass is 9.76. The number of hydrogen-bond acceptors (Lipinski definition) is 3. The monoisotopic (exact) mass is 168 g/mol. The zero-order valence-electron chi connectivity index (χ0n) is 6.82. The third-order valence-corrected chi connectivity index (χ3v) is 2.79. The van der Waals surface area contributed by atoms with Gasteiger partial charge >= 0.3 is 0 Å². The van der Waals surface area contributed by atoms with Gasteiger partial charge in [-0.3, -0.25) is 14.5 Å².